The lowest BCUT2D eigenvalue weighted by atomic mass is 9.90. The molecular weight excluding hydrogens is 414 g/mol. The van der Waals surface area contributed by atoms with Gasteiger partial charge in [-0.15, -0.1) is 4.36 Å². The number of nitrogens with one attached hydrogen (secondary N) is 1. The van der Waals surface area contributed by atoms with Gasteiger partial charge in [-0.25, -0.2) is 19.1 Å². The first-order valence-electron chi connectivity index (χ1n) is 10.5. The molecule has 4 rings (SSSR count). The zero-order valence-corrected chi connectivity index (χ0v) is 19.2. The molecule has 0 radical (unpaired) electrons. The molecule has 0 aromatic carbocycles. The third-order valence-corrected chi connectivity index (χ3v) is 7.42. The summed E-state index contributed by atoms with van der Waals surface area (Å²) >= 11 is 0. The van der Waals surface area contributed by atoms with E-state index in [0.717, 1.165) is 60.3 Å². The minimum absolute atomic E-state index is 0.0476. The van der Waals surface area contributed by atoms with Crippen LogP contribution in [0.5, 0.6) is 0 Å². The summed E-state index contributed by atoms with van der Waals surface area (Å²) in [4.78, 5) is 21.7. The predicted octanol–water partition coefficient (Wildman–Crippen LogP) is 3.35. The third-order valence-electron chi connectivity index (χ3n) is 6.16. The van der Waals surface area contributed by atoms with Gasteiger partial charge in [0.15, 0.2) is 14.9 Å². The summed E-state index contributed by atoms with van der Waals surface area (Å²) in [7, 11) is -3.59. The molecule has 0 saturated carbocycles. The zero-order valence-electron chi connectivity index (χ0n) is 18.4. The molecule has 0 saturated heterocycles. The Bertz CT molecular complexity index is 1190. The smallest absolute Gasteiger partial charge is 0.354 e. The molecule has 0 fully saturated rings. The van der Waals surface area contributed by atoms with Crippen molar-refractivity contribution in [2.24, 2.45) is 9.50 Å². The molecule has 4 N–H and O–H groups in total. The normalized spacial score (nSPS) is 18.8. The molecule has 2 aliphatic rings. The van der Waals surface area contributed by atoms with Gasteiger partial charge >= 0.3 is 6.03 Å². The van der Waals surface area contributed by atoms with Crippen molar-refractivity contribution < 1.29 is 14.1 Å². The summed E-state index contributed by atoms with van der Waals surface area (Å²) in [5, 5.41) is 18.9. The van der Waals surface area contributed by atoms with E-state index < -0.39 is 21.5 Å². The molecule has 0 bridgehead atoms. The van der Waals surface area contributed by atoms with Gasteiger partial charge in [0.25, 0.3) is 0 Å². The molecule has 9 heteroatoms. The van der Waals surface area contributed by atoms with Crippen LogP contribution in [0.2, 0.25) is 0 Å². The first kappa shape index (κ1) is 21.9. The lowest BCUT2D eigenvalue weighted by Crippen LogP contribution is -2.22. The molecule has 8 nitrogen and oxygen atoms in total. The van der Waals surface area contributed by atoms with E-state index in [1.165, 1.54) is 12.3 Å². The number of hydrogen-bond donors (Lipinski definition) is 3. The lowest BCUT2D eigenvalue weighted by molar-refractivity contribution is 0.0782. The van der Waals surface area contributed by atoms with Crippen molar-refractivity contribution in [2.45, 2.75) is 75.8 Å². The van der Waals surface area contributed by atoms with E-state index >= 15 is 0 Å². The summed E-state index contributed by atoms with van der Waals surface area (Å²) in [6, 6.07) is 2.25. The molecule has 2 aromatic heterocycles. The summed E-state index contributed by atoms with van der Waals surface area (Å²) in [6.45, 7) is 7.52. The quantitative estimate of drug-likeness (QED) is 0.669. The van der Waals surface area contributed by atoms with Crippen molar-refractivity contribution in [1.82, 2.24) is 9.97 Å². The van der Waals surface area contributed by atoms with Gasteiger partial charge in [0.2, 0.25) is 0 Å². The Labute approximate surface area is 183 Å². The molecule has 2 aliphatic carbocycles. The van der Waals surface area contributed by atoms with Crippen molar-refractivity contribution in [3.8, 4) is 0 Å². The third kappa shape index (κ3) is 4.09. The highest BCUT2D eigenvalue weighted by Crippen LogP contribution is 2.44. The highest BCUT2D eigenvalue weighted by Gasteiger charge is 2.36. The van der Waals surface area contributed by atoms with Crippen molar-refractivity contribution in [2.75, 3.05) is 5.32 Å². The van der Waals surface area contributed by atoms with E-state index in [1.807, 2.05) is 0 Å². The Morgan fingerprint density at radius 1 is 1.29 bits per heavy atom. The van der Waals surface area contributed by atoms with Crippen molar-refractivity contribution in [1.29, 1.82) is 0 Å². The number of aliphatic hydroxyl groups is 1. The fourth-order valence-corrected chi connectivity index (χ4v) is 5.28. The van der Waals surface area contributed by atoms with Gasteiger partial charge in [-0.1, -0.05) is 13.8 Å². The Kier molecular flexibility index (Phi) is 5.19. The highest BCUT2D eigenvalue weighted by atomic mass is 32.2. The van der Waals surface area contributed by atoms with Crippen LogP contribution in [0.3, 0.4) is 0 Å². The van der Waals surface area contributed by atoms with Crippen LogP contribution in [-0.2, 0) is 40.2 Å². The second kappa shape index (κ2) is 7.36. The summed E-state index contributed by atoms with van der Waals surface area (Å²) < 4.78 is 16.8. The minimum atomic E-state index is -3.59. The molecule has 2 aromatic rings. The highest BCUT2D eigenvalue weighted by molar-refractivity contribution is 7.91. The number of anilines is 1. The van der Waals surface area contributed by atoms with Gasteiger partial charge in [-0.2, -0.15) is 0 Å². The fraction of sp³-hybridized carbons (Fsp3) is 0.500. The molecule has 0 aliphatic heterocycles. The maximum Gasteiger partial charge on any atom is 0.354 e. The van der Waals surface area contributed by atoms with E-state index in [1.54, 1.807) is 19.9 Å². The van der Waals surface area contributed by atoms with E-state index in [-0.39, 0.29) is 10.4 Å². The molecule has 1 atom stereocenters. The van der Waals surface area contributed by atoms with Crippen molar-refractivity contribution in [3.63, 3.8) is 0 Å². The van der Waals surface area contributed by atoms with Gasteiger partial charge < -0.3 is 10.4 Å². The Hall–Kier alpha value is -2.36. The maximum absolute atomic E-state index is 13.0. The van der Waals surface area contributed by atoms with Crippen molar-refractivity contribution in [3.05, 3.63) is 46.4 Å². The first-order chi connectivity index (χ1) is 14.4. The average Bonchev–Trinajstić information content (AvgIpc) is 3.25. The van der Waals surface area contributed by atoms with Crippen LogP contribution in [0.25, 0.3) is 0 Å². The molecule has 31 heavy (non-hydrogen) atoms. The number of pyridine rings is 2. The number of nitrogens with zero attached hydrogens (tertiary/aromatic N) is 3. The minimum Gasteiger partial charge on any atom is -0.386 e. The average molecular weight is 444 g/mol. The van der Waals surface area contributed by atoms with E-state index in [0.29, 0.717) is 5.56 Å². The van der Waals surface area contributed by atoms with Crippen LogP contribution in [0.1, 0.15) is 68.6 Å². The number of aromatic nitrogens is 2. The van der Waals surface area contributed by atoms with Gasteiger partial charge in [-0.3, -0.25) is 4.98 Å². The van der Waals surface area contributed by atoms with Gasteiger partial charge in [-0.05, 0) is 74.8 Å². The number of rotatable bonds is 3. The largest absolute Gasteiger partial charge is 0.386 e. The molecule has 1 unspecified atom stereocenters. The van der Waals surface area contributed by atoms with Crippen LogP contribution in [0.4, 0.5) is 10.5 Å². The summed E-state index contributed by atoms with van der Waals surface area (Å²) in [5.41, 5.74) is 4.16. The van der Waals surface area contributed by atoms with E-state index in [2.05, 4.69) is 28.5 Å². The van der Waals surface area contributed by atoms with Gasteiger partial charge in [0.05, 0.1) is 17.0 Å². The van der Waals surface area contributed by atoms with Gasteiger partial charge in [0, 0.05) is 17.3 Å². The lowest BCUT2D eigenvalue weighted by Gasteiger charge is -2.20. The predicted molar refractivity (Wildman–Crippen MR) is 119 cm³/mol. The Morgan fingerprint density at radius 2 is 2.03 bits per heavy atom. The fourth-order valence-electron chi connectivity index (χ4n) is 4.38. The number of aryl methyl sites for hydroxylation is 1. The van der Waals surface area contributed by atoms with Crippen LogP contribution in [0.15, 0.2) is 27.7 Å². The summed E-state index contributed by atoms with van der Waals surface area (Å²) in [6.07, 6.45) is 5.91. The Balaban J connectivity index is 1.70. The molecule has 2 amide bonds. The standard InChI is InChI=1S/C22H29N5O3S/c1-21(2)10-8-15-18(14-6-5-7-16(14)25-19(15)21)26-20(28)27-31(23,30)17-12-13(9-11-24-17)22(3,4)29/h9,11-12,29H,5-8,10H2,1-4H3,(H3,23,25,26,27,28,30). The van der Waals surface area contributed by atoms with E-state index in [9.17, 15) is 14.1 Å². The number of urea groups is 1. The maximum atomic E-state index is 13.0. The van der Waals surface area contributed by atoms with Gasteiger partial charge in [0.1, 0.15) is 0 Å². The van der Waals surface area contributed by atoms with Crippen molar-refractivity contribution >= 4 is 21.6 Å². The number of carbonyl (C=O) groups excluding carboxylic acids is 1. The Morgan fingerprint density at radius 3 is 2.74 bits per heavy atom. The van der Waals surface area contributed by atoms with Crippen LogP contribution < -0.4 is 10.5 Å². The zero-order chi connectivity index (χ0) is 22.6. The monoisotopic (exact) mass is 443 g/mol. The SMILES string of the molecule is CC(C)(O)c1ccnc(S(N)(=O)=NC(=O)Nc2c3c(nc4c2CCC4(C)C)CCC3)c1. The summed E-state index contributed by atoms with van der Waals surface area (Å²) in [5.74, 6) is 0. The molecular formula is C22H29N5O3S. The molecule has 166 valence electrons. The molecule has 2 heterocycles. The van der Waals surface area contributed by atoms with Crippen LogP contribution >= 0.6 is 0 Å². The number of hydrogen-bond acceptors (Lipinski definition) is 5. The number of amides is 2. The second-order valence-corrected chi connectivity index (χ2v) is 11.2. The topological polar surface area (TPSA) is 131 Å². The number of nitrogens with two attached hydrogens (primary N) is 1. The molecule has 0 spiro atoms. The first-order valence-corrected chi connectivity index (χ1v) is 12.1. The number of carbonyl (C=O) groups is 1. The van der Waals surface area contributed by atoms with Crippen LogP contribution in [0, 0.1) is 0 Å². The number of fused-ring (bicyclic) bond motifs is 2. The van der Waals surface area contributed by atoms with E-state index in [4.69, 9.17) is 10.1 Å². The van der Waals surface area contributed by atoms with Crippen LogP contribution in [-0.4, -0.2) is 25.3 Å². The second-order valence-electron chi connectivity index (χ2n) is 9.51.